The molecule has 0 amide bonds. The molecule has 0 saturated heterocycles. The summed E-state index contributed by atoms with van der Waals surface area (Å²) in [4.78, 5) is 0. The monoisotopic (exact) mass is 254 g/mol. The third-order valence-corrected chi connectivity index (χ3v) is 3.43. The maximum absolute atomic E-state index is 6.13. The van der Waals surface area contributed by atoms with Crippen molar-refractivity contribution in [2.45, 2.75) is 25.3 Å². The Bertz CT molecular complexity index is 314. The summed E-state index contributed by atoms with van der Waals surface area (Å²) in [5.74, 6) is 0.830. The standard InChI is InChI=1S/C11H15BrN2/c12-8-2-1-3-9(13)11(8)10(14)6-7-4-5-7/h1-3,7,10H,4-6,13-14H2/t10-/m1/s1. The minimum atomic E-state index is 0.0816. The Morgan fingerprint density at radius 1 is 1.43 bits per heavy atom. The Hall–Kier alpha value is -0.540. The fourth-order valence-corrected chi connectivity index (χ4v) is 2.45. The molecule has 1 aliphatic rings. The number of hydrogen-bond acceptors (Lipinski definition) is 2. The number of benzene rings is 1. The lowest BCUT2D eigenvalue weighted by molar-refractivity contribution is 0.596. The molecule has 14 heavy (non-hydrogen) atoms. The van der Waals surface area contributed by atoms with Gasteiger partial charge in [0.15, 0.2) is 0 Å². The molecule has 0 aliphatic heterocycles. The van der Waals surface area contributed by atoms with Crippen LogP contribution in [0.3, 0.4) is 0 Å². The maximum atomic E-state index is 6.13. The van der Waals surface area contributed by atoms with Crippen molar-refractivity contribution in [1.82, 2.24) is 0 Å². The van der Waals surface area contributed by atoms with Crippen LogP contribution in [0.4, 0.5) is 5.69 Å². The van der Waals surface area contributed by atoms with Gasteiger partial charge in [0.25, 0.3) is 0 Å². The van der Waals surface area contributed by atoms with Gasteiger partial charge in [-0.2, -0.15) is 0 Å². The molecule has 1 aromatic rings. The second kappa shape index (κ2) is 3.91. The van der Waals surface area contributed by atoms with Gasteiger partial charge in [0.1, 0.15) is 0 Å². The van der Waals surface area contributed by atoms with Gasteiger partial charge in [-0.3, -0.25) is 0 Å². The highest BCUT2D eigenvalue weighted by Gasteiger charge is 2.25. The van der Waals surface area contributed by atoms with Crippen molar-refractivity contribution in [3.05, 3.63) is 28.2 Å². The molecule has 1 saturated carbocycles. The van der Waals surface area contributed by atoms with Crippen molar-refractivity contribution >= 4 is 21.6 Å². The lowest BCUT2D eigenvalue weighted by Gasteiger charge is -2.15. The summed E-state index contributed by atoms with van der Waals surface area (Å²) in [5, 5.41) is 0. The van der Waals surface area contributed by atoms with Crippen molar-refractivity contribution in [1.29, 1.82) is 0 Å². The Labute approximate surface area is 92.8 Å². The van der Waals surface area contributed by atoms with Crippen LogP contribution in [0, 0.1) is 5.92 Å². The minimum Gasteiger partial charge on any atom is -0.398 e. The molecule has 0 heterocycles. The fraction of sp³-hybridized carbons (Fsp3) is 0.455. The molecule has 3 heteroatoms. The van der Waals surface area contributed by atoms with Gasteiger partial charge in [0, 0.05) is 21.8 Å². The Morgan fingerprint density at radius 2 is 2.14 bits per heavy atom. The van der Waals surface area contributed by atoms with Gasteiger partial charge in [0.05, 0.1) is 0 Å². The van der Waals surface area contributed by atoms with Crippen LogP contribution < -0.4 is 11.5 Å². The first-order valence-corrected chi connectivity index (χ1v) is 5.77. The largest absolute Gasteiger partial charge is 0.398 e. The average Bonchev–Trinajstić information content (AvgIpc) is 2.87. The van der Waals surface area contributed by atoms with Crippen LogP contribution in [0.5, 0.6) is 0 Å². The van der Waals surface area contributed by atoms with Crippen molar-refractivity contribution in [2.24, 2.45) is 11.7 Å². The van der Waals surface area contributed by atoms with E-state index in [9.17, 15) is 0 Å². The quantitative estimate of drug-likeness (QED) is 0.816. The highest BCUT2D eigenvalue weighted by Crippen LogP contribution is 2.39. The van der Waals surface area contributed by atoms with Crippen LogP contribution in [0.25, 0.3) is 0 Å². The summed E-state index contributed by atoms with van der Waals surface area (Å²) in [6.07, 6.45) is 3.73. The van der Waals surface area contributed by atoms with E-state index in [1.54, 1.807) is 0 Å². The summed E-state index contributed by atoms with van der Waals surface area (Å²) >= 11 is 3.50. The van der Waals surface area contributed by atoms with Crippen LogP contribution in [-0.2, 0) is 0 Å². The lowest BCUT2D eigenvalue weighted by Crippen LogP contribution is -2.13. The number of rotatable bonds is 3. The second-order valence-corrected chi connectivity index (χ2v) is 4.88. The summed E-state index contributed by atoms with van der Waals surface area (Å²) in [6.45, 7) is 0. The molecule has 0 aromatic heterocycles. The van der Waals surface area contributed by atoms with Crippen molar-refractivity contribution in [3.8, 4) is 0 Å². The SMILES string of the molecule is Nc1cccc(Br)c1[C@H](N)CC1CC1. The van der Waals surface area contributed by atoms with Crippen LogP contribution in [0.1, 0.15) is 30.9 Å². The normalized spacial score (nSPS) is 18.1. The van der Waals surface area contributed by atoms with E-state index in [1.807, 2.05) is 18.2 Å². The minimum absolute atomic E-state index is 0.0816. The predicted octanol–water partition coefficient (Wildman–Crippen LogP) is 2.83. The van der Waals surface area contributed by atoms with Crippen molar-refractivity contribution < 1.29 is 0 Å². The fourth-order valence-electron chi connectivity index (χ4n) is 1.78. The third-order valence-electron chi connectivity index (χ3n) is 2.74. The Balaban J connectivity index is 2.19. The van der Waals surface area contributed by atoms with Crippen LogP contribution in [-0.4, -0.2) is 0 Å². The van der Waals surface area contributed by atoms with Crippen LogP contribution >= 0.6 is 15.9 Å². The molecule has 1 atom stereocenters. The molecule has 2 rings (SSSR count). The number of halogens is 1. The molecule has 1 fully saturated rings. The Morgan fingerprint density at radius 3 is 2.71 bits per heavy atom. The van der Waals surface area contributed by atoms with Crippen LogP contribution in [0.15, 0.2) is 22.7 Å². The van der Waals surface area contributed by atoms with E-state index in [4.69, 9.17) is 11.5 Å². The third kappa shape index (κ3) is 2.10. The van der Waals surface area contributed by atoms with Crippen LogP contribution in [0.2, 0.25) is 0 Å². The first-order chi connectivity index (χ1) is 6.68. The highest BCUT2D eigenvalue weighted by atomic mass is 79.9. The smallest absolute Gasteiger partial charge is 0.0373 e. The number of nitrogens with two attached hydrogens (primary N) is 2. The van der Waals surface area contributed by atoms with E-state index >= 15 is 0 Å². The molecule has 76 valence electrons. The van der Waals surface area contributed by atoms with Gasteiger partial charge in [-0.15, -0.1) is 0 Å². The molecule has 1 aliphatic carbocycles. The Kier molecular flexibility index (Phi) is 2.79. The average molecular weight is 255 g/mol. The highest BCUT2D eigenvalue weighted by molar-refractivity contribution is 9.10. The first-order valence-electron chi connectivity index (χ1n) is 4.98. The predicted molar refractivity (Wildman–Crippen MR) is 62.8 cm³/mol. The van der Waals surface area contributed by atoms with E-state index in [-0.39, 0.29) is 6.04 Å². The van der Waals surface area contributed by atoms with Gasteiger partial charge in [-0.25, -0.2) is 0 Å². The molecule has 2 nitrogen and oxygen atoms in total. The van der Waals surface area contributed by atoms with E-state index in [0.29, 0.717) is 0 Å². The van der Waals surface area contributed by atoms with Gasteiger partial charge in [-0.05, 0) is 24.5 Å². The molecule has 0 unspecified atom stereocenters. The summed E-state index contributed by atoms with van der Waals surface area (Å²) < 4.78 is 1.03. The topological polar surface area (TPSA) is 52.0 Å². The van der Waals surface area contributed by atoms with E-state index in [1.165, 1.54) is 12.8 Å². The van der Waals surface area contributed by atoms with Gasteiger partial charge in [-0.1, -0.05) is 34.8 Å². The zero-order chi connectivity index (χ0) is 10.1. The zero-order valence-corrected chi connectivity index (χ0v) is 9.63. The van der Waals surface area contributed by atoms with E-state index < -0.39 is 0 Å². The number of hydrogen-bond donors (Lipinski definition) is 2. The van der Waals surface area contributed by atoms with E-state index in [0.717, 1.165) is 28.1 Å². The molecule has 0 bridgehead atoms. The molecular weight excluding hydrogens is 240 g/mol. The number of nitrogen functional groups attached to an aromatic ring is 1. The van der Waals surface area contributed by atoms with Crippen molar-refractivity contribution in [3.63, 3.8) is 0 Å². The lowest BCUT2D eigenvalue weighted by atomic mass is 10.0. The number of anilines is 1. The summed E-state index contributed by atoms with van der Waals surface area (Å²) in [6, 6.07) is 5.93. The van der Waals surface area contributed by atoms with Crippen molar-refractivity contribution in [2.75, 3.05) is 5.73 Å². The summed E-state index contributed by atoms with van der Waals surface area (Å²) in [5.41, 5.74) is 13.9. The van der Waals surface area contributed by atoms with E-state index in [2.05, 4.69) is 15.9 Å². The molecule has 1 aromatic carbocycles. The molecular formula is C11H15BrN2. The van der Waals surface area contributed by atoms with Gasteiger partial charge >= 0.3 is 0 Å². The molecule has 0 radical (unpaired) electrons. The zero-order valence-electron chi connectivity index (χ0n) is 8.04. The first kappa shape index (κ1) is 9.99. The maximum Gasteiger partial charge on any atom is 0.0373 e. The van der Waals surface area contributed by atoms with Gasteiger partial charge in [0.2, 0.25) is 0 Å². The van der Waals surface area contributed by atoms with Gasteiger partial charge < -0.3 is 11.5 Å². The second-order valence-electron chi connectivity index (χ2n) is 4.03. The summed E-state index contributed by atoms with van der Waals surface area (Å²) in [7, 11) is 0. The molecule has 0 spiro atoms. The molecule has 4 N–H and O–H groups in total.